The van der Waals surface area contributed by atoms with Gasteiger partial charge in [0.2, 0.25) is 0 Å². The number of aliphatic carboxylic acids is 1. The highest BCUT2D eigenvalue weighted by atomic mass is 32.2. The van der Waals surface area contributed by atoms with Crippen LogP contribution in [0.25, 0.3) is 0 Å². The third-order valence-corrected chi connectivity index (χ3v) is 3.93. The highest BCUT2D eigenvalue weighted by Gasteiger charge is 2.55. The van der Waals surface area contributed by atoms with Crippen LogP contribution in [0.3, 0.4) is 0 Å². The largest absolute Gasteiger partial charge is 0.481 e. The predicted octanol–water partition coefficient (Wildman–Crippen LogP) is 1.21. The number of carboxylic acids is 1. The molecule has 3 heteroatoms. The van der Waals surface area contributed by atoms with Crippen molar-refractivity contribution in [2.45, 2.75) is 18.1 Å². The molecule has 1 heterocycles. The lowest BCUT2D eigenvalue weighted by Gasteiger charge is -2.04. The first kappa shape index (κ1) is 6.53. The molecule has 0 aromatic rings. The van der Waals surface area contributed by atoms with Gasteiger partial charge >= 0.3 is 5.97 Å². The Bertz CT molecular complexity index is 157. The van der Waals surface area contributed by atoms with Gasteiger partial charge in [0.25, 0.3) is 0 Å². The third kappa shape index (κ3) is 0.839. The van der Waals surface area contributed by atoms with Crippen LogP contribution in [0, 0.1) is 11.8 Å². The number of rotatable bonds is 1. The van der Waals surface area contributed by atoms with Gasteiger partial charge in [0, 0.05) is 5.25 Å². The summed E-state index contributed by atoms with van der Waals surface area (Å²) in [6.07, 6.45) is 2.37. The fourth-order valence-corrected chi connectivity index (χ4v) is 3.37. The van der Waals surface area contributed by atoms with Crippen LogP contribution < -0.4 is 0 Å². The topological polar surface area (TPSA) is 37.3 Å². The van der Waals surface area contributed by atoms with Crippen molar-refractivity contribution in [3.8, 4) is 0 Å². The molecule has 1 aliphatic carbocycles. The maximum absolute atomic E-state index is 10.5. The Morgan fingerprint density at radius 1 is 1.60 bits per heavy atom. The maximum atomic E-state index is 10.5. The summed E-state index contributed by atoms with van der Waals surface area (Å²) >= 11 is 1.85. The van der Waals surface area contributed by atoms with Crippen LogP contribution in [-0.4, -0.2) is 22.1 Å². The van der Waals surface area contributed by atoms with Crippen LogP contribution >= 0.6 is 11.8 Å². The smallest absolute Gasteiger partial charge is 0.307 e. The number of hydrogen-bond donors (Lipinski definition) is 1. The highest BCUT2D eigenvalue weighted by Crippen LogP contribution is 2.54. The standard InChI is InChI=1S/C7H10O2S/c8-7(9)5-4-2-1-3-10-6(4)5/h4-6H,1-3H2,(H,8,9)/t4-,5?,6-/m1/s1. The van der Waals surface area contributed by atoms with Crippen molar-refractivity contribution in [1.29, 1.82) is 0 Å². The molecular formula is C7H10O2S. The van der Waals surface area contributed by atoms with Gasteiger partial charge in [0.15, 0.2) is 0 Å². The molecule has 1 saturated carbocycles. The molecule has 2 fully saturated rings. The quantitative estimate of drug-likeness (QED) is 0.623. The second-order valence-electron chi connectivity index (χ2n) is 3.01. The first-order valence-electron chi connectivity index (χ1n) is 3.65. The van der Waals surface area contributed by atoms with Crippen LogP contribution in [0.2, 0.25) is 0 Å². The van der Waals surface area contributed by atoms with Gasteiger partial charge in [-0.25, -0.2) is 0 Å². The number of fused-ring (bicyclic) bond motifs is 1. The average Bonchev–Trinajstić information content (AvgIpc) is 2.60. The molecule has 0 aromatic carbocycles. The van der Waals surface area contributed by atoms with Crippen LogP contribution in [0.4, 0.5) is 0 Å². The van der Waals surface area contributed by atoms with Gasteiger partial charge in [-0.15, -0.1) is 0 Å². The SMILES string of the molecule is O=C(O)C1[C@H]2CCCS[C@@H]12. The number of carboxylic acid groups (broad SMARTS) is 1. The Labute approximate surface area is 64.0 Å². The summed E-state index contributed by atoms with van der Waals surface area (Å²) in [7, 11) is 0. The predicted molar refractivity (Wildman–Crippen MR) is 40.1 cm³/mol. The molecule has 10 heavy (non-hydrogen) atoms. The zero-order chi connectivity index (χ0) is 7.14. The Morgan fingerprint density at radius 3 is 2.90 bits per heavy atom. The van der Waals surface area contributed by atoms with Gasteiger partial charge in [-0.3, -0.25) is 4.79 Å². The molecule has 0 aromatic heterocycles. The fourth-order valence-electron chi connectivity index (χ4n) is 1.78. The van der Waals surface area contributed by atoms with E-state index < -0.39 is 5.97 Å². The van der Waals surface area contributed by atoms with Gasteiger partial charge in [-0.2, -0.15) is 11.8 Å². The molecule has 1 N–H and O–H groups in total. The highest BCUT2D eigenvalue weighted by molar-refractivity contribution is 8.00. The van der Waals surface area contributed by atoms with Crippen molar-refractivity contribution < 1.29 is 9.90 Å². The molecule has 0 radical (unpaired) electrons. The molecule has 2 rings (SSSR count). The average molecular weight is 158 g/mol. The lowest BCUT2D eigenvalue weighted by molar-refractivity contribution is -0.138. The van der Waals surface area contributed by atoms with Gasteiger partial charge < -0.3 is 5.11 Å². The maximum Gasteiger partial charge on any atom is 0.307 e. The van der Waals surface area contributed by atoms with E-state index in [1.54, 1.807) is 0 Å². The van der Waals surface area contributed by atoms with Crippen LogP contribution in [0.1, 0.15) is 12.8 Å². The van der Waals surface area contributed by atoms with Crippen LogP contribution in [-0.2, 0) is 4.79 Å². The molecular weight excluding hydrogens is 148 g/mol. The van der Waals surface area contributed by atoms with E-state index in [1.165, 1.54) is 12.2 Å². The Kier molecular flexibility index (Phi) is 1.41. The minimum absolute atomic E-state index is 0.00694. The van der Waals surface area contributed by atoms with Crippen molar-refractivity contribution in [2.75, 3.05) is 5.75 Å². The normalized spacial score (nSPS) is 44.2. The molecule has 2 nitrogen and oxygen atoms in total. The summed E-state index contributed by atoms with van der Waals surface area (Å²) in [4.78, 5) is 10.5. The number of thioether (sulfide) groups is 1. The molecule has 1 unspecified atom stereocenters. The van der Waals surface area contributed by atoms with Crippen LogP contribution in [0.5, 0.6) is 0 Å². The summed E-state index contributed by atoms with van der Waals surface area (Å²) in [6, 6.07) is 0. The van der Waals surface area contributed by atoms with E-state index >= 15 is 0 Å². The van der Waals surface area contributed by atoms with Gasteiger partial charge in [0.05, 0.1) is 5.92 Å². The van der Waals surface area contributed by atoms with Crippen molar-refractivity contribution >= 4 is 17.7 Å². The molecule has 1 aliphatic heterocycles. The summed E-state index contributed by atoms with van der Waals surface area (Å²) < 4.78 is 0. The minimum Gasteiger partial charge on any atom is -0.481 e. The van der Waals surface area contributed by atoms with Gasteiger partial charge in [-0.05, 0) is 24.5 Å². The first-order chi connectivity index (χ1) is 4.80. The fraction of sp³-hybridized carbons (Fsp3) is 0.857. The van der Waals surface area contributed by atoms with E-state index in [0.29, 0.717) is 11.2 Å². The van der Waals surface area contributed by atoms with Crippen molar-refractivity contribution in [2.24, 2.45) is 11.8 Å². The van der Waals surface area contributed by atoms with E-state index in [2.05, 4.69) is 0 Å². The molecule has 1 saturated heterocycles. The van der Waals surface area contributed by atoms with Crippen molar-refractivity contribution in [1.82, 2.24) is 0 Å². The first-order valence-corrected chi connectivity index (χ1v) is 4.70. The van der Waals surface area contributed by atoms with E-state index in [1.807, 2.05) is 11.8 Å². The summed E-state index contributed by atoms with van der Waals surface area (Å²) in [6.45, 7) is 0. The monoisotopic (exact) mass is 158 g/mol. The Hall–Kier alpha value is -0.180. The van der Waals surface area contributed by atoms with Crippen LogP contribution in [0.15, 0.2) is 0 Å². The molecule has 3 atom stereocenters. The third-order valence-electron chi connectivity index (χ3n) is 2.37. The van der Waals surface area contributed by atoms with Gasteiger partial charge in [0.1, 0.15) is 0 Å². The van der Waals surface area contributed by atoms with E-state index in [-0.39, 0.29) is 5.92 Å². The number of carbonyl (C=O) groups is 1. The van der Waals surface area contributed by atoms with Crippen molar-refractivity contribution in [3.05, 3.63) is 0 Å². The van der Waals surface area contributed by atoms with Gasteiger partial charge in [-0.1, -0.05) is 0 Å². The van der Waals surface area contributed by atoms with E-state index in [9.17, 15) is 4.79 Å². The van der Waals surface area contributed by atoms with E-state index in [4.69, 9.17) is 5.11 Å². The minimum atomic E-state index is -0.579. The Balaban J connectivity index is 1.99. The zero-order valence-corrected chi connectivity index (χ0v) is 6.43. The lowest BCUT2D eigenvalue weighted by atomic mass is 10.2. The summed E-state index contributed by atoms with van der Waals surface area (Å²) in [5, 5.41) is 9.15. The summed E-state index contributed by atoms with van der Waals surface area (Å²) in [5.41, 5.74) is 0. The molecule has 56 valence electrons. The lowest BCUT2D eigenvalue weighted by Crippen LogP contribution is -2.00. The zero-order valence-electron chi connectivity index (χ0n) is 5.62. The molecule has 0 spiro atoms. The molecule has 0 bridgehead atoms. The second kappa shape index (κ2) is 2.16. The number of hydrogen-bond acceptors (Lipinski definition) is 2. The second-order valence-corrected chi connectivity index (χ2v) is 4.29. The van der Waals surface area contributed by atoms with E-state index in [0.717, 1.165) is 6.42 Å². The Morgan fingerprint density at radius 2 is 2.40 bits per heavy atom. The summed E-state index contributed by atoms with van der Waals surface area (Å²) in [5.74, 6) is 1.12. The molecule has 2 aliphatic rings. The molecule has 0 amide bonds. The van der Waals surface area contributed by atoms with Crippen molar-refractivity contribution in [3.63, 3.8) is 0 Å².